The number of ether oxygens (including phenoxy) is 2. The van der Waals surface area contributed by atoms with Crippen LogP contribution in [0.15, 0.2) is 0 Å². The van der Waals surface area contributed by atoms with Crippen LogP contribution >= 0.6 is 0 Å². The zero-order valence-corrected chi connectivity index (χ0v) is 8.42. The van der Waals surface area contributed by atoms with Crippen LogP contribution < -0.4 is 0 Å². The Kier molecular flexibility index (Phi) is 2.33. The maximum absolute atomic E-state index is 11.2. The van der Waals surface area contributed by atoms with Crippen molar-refractivity contribution in [3.63, 3.8) is 0 Å². The summed E-state index contributed by atoms with van der Waals surface area (Å²) in [6, 6.07) is 0. The van der Waals surface area contributed by atoms with Crippen LogP contribution in [-0.2, 0) is 19.3 Å². The molecule has 0 radical (unpaired) electrons. The molecular weight excluding hydrogens is 192 g/mol. The second-order valence-corrected chi connectivity index (χ2v) is 5.79. The monoisotopic (exact) mass is 206 g/mol. The zero-order chi connectivity index (χ0) is 9.47. The summed E-state index contributed by atoms with van der Waals surface area (Å²) >= 11 is 0. The van der Waals surface area contributed by atoms with Gasteiger partial charge >= 0.3 is 0 Å². The third-order valence-corrected chi connectivity index (χ3v) is 4.36. The molecule has 2 fully saturated rings. The van der Waals surface area contributed by atoms with Gasteiger partial charge in [0.1, 0.15) is 0 Å². The fourth-order valence-electron chi connectivity index (χ4n) is 2.05. The van der Waals surface area contributed by atoms with E-state index in [2.05, 4.69) is 0 Å². The SMILES string of the molecule is CCO[C@@H]1C[C@H]2CS(=O)(=O)C[C@H]2O1. The summed E-state index contributed by atoms with van der Waals surface area (Å²) < 4.78 is 33.1. The van der Waals surface area contributed by atoms with Gasteiger partial charge < -0.3 is 9.47 Å². The molecule has 13 heavy (non-hydrogen) atoms. The molecule has 0 aromatic carbocycles. The Morgan fingerprint density at radius 1 is 1.46 bits per heavy atom. The van der Waals surface area contributed by atoms with Gasteiger partial charge in [-0.2, -0.15) is 0 Å². The predicted molar refractivity (Wildman–Crippen MR) is 47.0 cm³/mol. The van der Waals surface area contributed by atoms with Crippen molar-refractivity contribution >= 4 is 9.84 Å². The molecule has 5 heteroatoms. The first-order chi connectivity index (χ1) is 6.11. The Bertz CT molecular complexity index is 265. The average Bonchev–Trinajstić information content (AvgIpc) is 2.41. The lowest BCUT2D eigenvalue weighted by Crippen LogP contribution is -2.18. The summed E-state index contributed by atoms with van der Waals surface area (Å²) in [5.41, 5.74) is 0. The van der Waals surface area contributed by atoms with Gasteiger partial charge in [0, 0.05) is 18.9 Å². The molecule has 2 aliphatic rings. The molecule has 0 unspecified atom stereocenters. The van der Waals surface area contributed by atoms with Crippen molar-refractivity contribution in [2.75, 3.05) is 18.1 Å². The Morgan fingerprint density at radius 2 is 2.23 bits per heavy atom. The van der Waals surface area contributed by atoms with Crippen LogP contribution in [0, 0.1) is 5.92 Å². The smallest absolute Gasteiger partial charge is 0.158 e. The molecule has 0 N–H and O–H groups in total. The maximum Gasteiger partial charge on any atom is 0.158 e. The molecule has 2 heterocycles. The second kappa shape index (κ2) is 3.22. The van der Waals surface area contributed by atoms with Crippen LogP contribution in [0.25, 0.3) is 0 Å². The largest absolute Gasteiger partial charge is 0.353 e. The van der Waals surface area contributed by atoms with Crippen molar-refractivity contribution in [2.24, 2.45) is 5.92 Å². The van der Waals surface area contributed by atoms with Crippen molar-refractivity contribution < 1.29 is 17.9 Å². The van der Waals surface area contributed by atoms with Crippen molar-refractivity contribution in [3.8, 4) is 0 Å². The Labute approximate surface area is 78.1 Å². The first kappa shape index (κ1) is 9.43. The fraction of sp³-hybridized carbons (Fsp3) is 1.00. The molecule has 76 valence electrons. The molecule has 0 saturated carbocycles. The summed E-state index contributed by atoms with van der Waals surface area (Å²) in [6.45, 7) is 2.53. The highest BCUT2D eigenvalue weighted by Crippen LogP contribution is 2.34. The number of hydrogen-bond acceptors (Lipinski definition) is 4. The van der Waals surface area contributed by atoms with E-state index in [1.54, 1.807) is 0 Å². The van der Waals surface area contributed by atoms with E-state index in [1.807, 2.05) is 6.92 Å². The standard InChI is InChI=1S/C8H14O4S/c1-2-11-8-3-6-4-13(9,10)5-7(6)12-8/h6-8H,2-5H2,1H3/t6-,7+,8-/m0/s1. The zero-order valence-electron chi connectivity index (χ0n) is 7.60. The van der Waals surface area contributed by atoms with Crippen LogP contribution in [0.1, 0.15) is 13.3 Å². The number of fused-ring (bicyclic) bond motifs is 1. The third-order valence-electron chi connectivity index (χ3n) is 2.59. The number of hydrogen-bond donors (Lipinski definition) is 0. The minimum absolute atomic E-state index is 0.110. The van der Waals surface area contributed by atoms with Gasteiger partial charge in [0.15, 0.2) is 16.1 Å². The fourth-order valence-corrected chi connectivity index (χ4v) is 4.04. The van der Waals surface area contributed by atoms with E-state index in [4.69, 9.17) is 9.47 Å². The van der Waals surface area contributed by atoms with E-state index in [0.717, 1.165) is 6.42 Å². The van der Waals surface area contributed by atoms with Gasteiger partial charge in [-0.1, -0.05) is 0 Å². The maximum atomic E-state index is 11.2. The summed E-state index contributed by atoms with van der Waals surface area (Å²) in [7, 11) is -2.82. The minimum Gasteiger partial charge on any atom is -0.353 e. The van der Waals surface area contributed by atoms with Crippen LogP contribution in [0.4, 0.5) is 0 Å². The molecule has 0 amide bonds. The van der Waals surface area contributed by atoms with E-state index in [1.165, 1.54) is 0 Å². The Morgan fingerprint density at radius 3 is 2.85 bits per heavy atom. The minimum atomic E-state index is -2.82. The number of sulfone groups is 1. The Hall–Kier alpha value is -0.130. The lowest BCUT2D eigenvalue weighted by Gasteiger charge is -2.11. The van der Waals surface area contributed by atoms with Gasteiger partial charge in [-0.3, -0.25) is 0 Å². The van der Waals surface area contributed by atoms with Gasteiger partial charge in [-0.15, -0.1) is 0 Å². The molecule has 3 atom stereocenters. The highest BCUT2D eigenvalue weighted by molar-refractivity contribution is 7.91. The molecule has 0 aliphatic carbocycles. The van der Waals surface area contributed by atoms with Gasteiger partial charge in [0.25, 0.3) is 0 Å². The first-order valence-electron chi connectivity index (χ1n) is 4.58. The predicted octanol–water partition coefficient (Wildman–Crippen LogP) is 0.182. The topological polar surface area (TPSA) is 52.6 Å². The van der Waals surface area contributed by atoms with Crippen molar-refractivity contribution in [2.45, 2.75) is 25.7 Å². The lowest BCUT2D eigenvalue weighted by atomic mass is 10.1. The molecular formula is C8H14O4S. The second-order valence-electron chi connectivity index (χ2n) is 3.63. The molecule has 4 nitrogen and oxygen atoms in total. The molecule has 2 rings (SSSR count). The quantitative estimate of drug-likeness (QED) is 0.647. The number of rotatable bonds is 2. The van der Waals surface area contributed by atoms with E-state index in [-0.39, 0.29) is 29.8 Å². The summed E-state index contributed by atoms with van der Waals surface area (Å²) in [6.07, 6.45) is 0.453. The summed E-state index contributed by atoms with van der Waals surface area (Å²) in [5, 5.41) is 0. The van der Waals surface area contributed by atoms with Gasteiger partial charge in [0.05, 0.1) is 17.6 Å². The van der Waals surface area contributed by atoms with E-state index < -0.39 is 9.84 Å². The van der Waals surface area contributed by atoms with Gasteiger partial charge in [-0.25, -0.2) is 8.42 Å². The van der Waals surface area contributed by atoms with E-state index in [9.17, 15) is 8.42 Å². The average molecular weight is 206 g/mol. The van der Waals surface area contributed by atoms with Gasteiger partial charge in [0.2, 0.25) is 0 Å². The highest BCUT2D eigenvalue weighted by atomic mass is 32.2. The highest BCUT2D eigenvalue weighted by Gasteiger charge is 2.45. The Balaban J connectivity index is 1.97. The van der Waals surface area contributed by atoms with E-state index in [0.29, 0.717) is 6.61 Å². The van der Waals surface area contributed by atoms with Crippen LogP contribution in [0.5, 0.6) is 0 Å². The molecule has 0 spiro atoms. The molecule has 2 saturated heterocycles. The van der Waals surface area contributed by atoms with Crippen LogP contribution in [0.2, 0.25) is 0 Å². The summed E-state index contributed by atoms with van der Waals surface area (Å²) in [4.78, 5) is 0. The van der Waals surface area contributed by atoms with Crippen molar-refractivity contribution in [1.82, 2.24) is 0 Å². The van der Waals surface area contributed by atoms with Crippen molar-refractivity contribution in [3.05, 3.63) is 0 Å². The first-order valence-corrected chi connectivity index (χ1v) is 6.40. The molecule has 0 bridgehead atoms. The molecule has 2 aliphatic heterocycles. The summed E-state index contributed by atoms with van der Waals surface area (Å²) in [5.74, 6) is 0.629. The normalized spacial score (nSPS) is 42.1. The van der Waals surface area contributed by atoms with Gasteiger partial charge in [-0.05, 0) is 6.92 Å². The molecule has 0 aromatic rings. The van der Waals surface area contributed by atoms with Crippen LogP contribution in [-0.4, -0.2) is 38.9 Å². The van der Waals surface area contributed by atoms with Crippen LogP contribution in [0.3, 0.4) is 0 Å². The molecule has 0 aromatic heterocycles. The van der Waals surface area contributed by atoms with Crippen molar-refractivity contribution in [1.29, 1.82) is 0 Å². The van der Waals surface area contributed by atoms with E-state index >= 15 is 0 Å². The third kappa shape index (κ3) is 1.87. The lowest BCUT2D eigenvalue weighted by molar-refractivity contribution is -0.125.